The summed E-state index contributed by atoms with van der Waals surface area (Å²) in [5.74, 6) is 0.573. The van der Waals surface area contributed by atoms with E-state index in [2.05, 4.69) is 9.80 Å². The highest BCUT2D eigenvalue weighted by molar-refractivity contribution is 5.76. The second-order valence-electron chi connectivity index (χ2n) is 8.16. The Balaban J connectivity index is 1.19. The highest BCUT2D eigenvalue weighted by Crippen LogP contribution is 2.24. The fourth-order valence-corrected chi connectivity index (χ4v) is 4.45. The van der Waals surface area contributed by atoms with Crippen LogP contribution in [0.15, 0.2) is 24.3 Å². The van der Waals surface area contributed by atoms with E-state index < -0.39 is 0 Å². The molecule has 0 bridgehead atoms. The van der Waals surface area contributed by atoms with Crippen LogP contribution in [0.3, 0.4) is 0 Å². The highest BCUT2D eigenvalue weighted by atomic mass is 19.1. The molecule has 3 heterocycles. The van der Waals surface area contributed by atoms with Crippen LogP contribution in [0.4, 0.5) is 4.39 Å². The van der Waals surface area contributed by atoms with E-state index >= 15 is 0 Å². The molecule has 0 aliphatic carbocycles. The molecule has 3 aliphatic heterocycles. The van der Waals surface area contributed by atoms with E-state index in [1.807, 2.05) is 4.90 Å². The smallest absolute Gasteiger partial charge is 0.222 e. The minimum absolute atomic E-state index is 0.229. The Labute approximate surface area is 161 Å². The van der Waals surface area contributed by atoms with Gasteiger partial charge in [0.2, 0.25) is 5.91 Å². The van der Waals surface area contributed by atoms with Gasteiger partial charge >= 0.3 is 0 Å². The molecular formula is C21H30FN3O2. The molecule has 1 amide bonds. The van der Waals surface area contributed by atoms with Crippen molar-refractivity contribution in [2.24, 2.45) is 5.92 Å². The van der Waals surface area contributed by atoms with Crippen LogP contribution >= 0.6 is 0 Å². The second-order valence-corrected chi connectivity index (χ2v) is 8.16. The van der Waals surface area contributed by atoms with Crippen molar-refractivity contribution in [3.05, 3.63) is 35.6 Å². The number of carbonyl (C=O) groups is 1. The largest absolute Gasteiger partial charge is 0.379 e. The minimum atomic E-state index is -0.230. The van der Waals surface area contributed by atoms with Gasteiger partial charge in [-0.25, -0.2) is 4.39 Å². The number of likely N-dealkylation sites (tertiary alicyclic amines) is 2. The fourth-order valence-electron chi connectivity index (χ4n) is 4.45. The number of rotatable bonds is 6. The molecule has 1 unspecified atom stereocenters. The first-order chi connectivity index (χ1) is 13.2. The predicted octanol–water partition coefficient (Wildman–Crippen LogP) is 1.97. The average molecular weight is 375 g/mol. The molecule has 6 heteroatoms. The maximum Gasteiger partial charge on any atom is 0.222 e. The molecule has 0 aromatic heterocycles. The van der Waals surface area contributed by atoms with Crippen molar-refractivity contribution in [2.45, 2.75) is 31.8 Å². The third kappa shape index (κ3) is 4.86. The number of morpholine rings is 1. The molecule has 3 saturated heterocycles. The van der Waals surface area contributed by atoms with Crippen LogP contribution in [0.1, 0.15) is 24.8 Å². The number of carbonyl (C=O) groups excluding carboxylic acids is 1. The molecule has 1 aromatic rings. The van der Waals surface area contributed by atoms with Gasteiger partial charge in [-0.05, 0) is 43.0 Å². The van der Waals surface area contributed by atoms with E-state index in [9.17, 15) is 9.18 Å². The third-order valence-corrected chi connectivity index (χ3v) is 6.24. The van der Waals surface area contributed by atoms with Crippen LogP contribution in [0, 0.1) is 11.7 Å². The molecule has 0 spiro atoms. The first-order valence-electron chi connectivity index (χ1n) is 10.2. The summed E-state index contributed by atoms with van der Waals surface area (Å²) < 4.78 is 18.5. The Morgan fingerprint density at radius 3 is 2.56 bits per heavy atom. The zero-order chi connectivity index (χ0) is 18.6. The normalized spacial score (nSPS) is 25.6. The number of amides is 1. The van der Waals surface area contributed by atoms with Crippen molar-refractivity contribution in [1.82, 2.24) is 14.7 Å². The molecule has 1 aromatic carbocycles. The van der Waals surface area contributed by atoms with Gasteiger partial charge in [-0.1, -0.05) is 12.1 Å². The summed E-state index contributed by atoms with van der Waals surface area (Å²) in [4.78, 5) is 19.3. The van der Waals surface area contributed by atoms with Gasteiger partial charge in [0.25, 0.3) is 0 Å². The van der Waals surface area contributed by atoms with Crippen LogP contribution in [-0.2, 0) is 16.1 Å². The fraction of sp³-hybridized carbons (Fsp3) is 0.667. The number of benzene rings is 1. The van der Waals surface area contributed by atoms with Gasteiger partial charge in [0, 0.05) is 51.7 Å². The summed E-state index contributed by atoms with van der Waals surface area (Å²) in [5, 5.41) is 0. The van der Waals surface area contributed by atoms with Crippen molar-refractivity contribution >= 4 is 5.91 Å². The quantitative estimate of drug-likeness (QED) is 0.762. The Hall–Kier alpha value is -1.50. The van der Waals surface area contributed by atoms with Gasteiger partial charge in [0.15, 0.2) is 0 Å². The third-order valence-electron chi connectivity index (χ3n) is 6.24. The molecule has 5 nitrogen and oxygen atoms in total. The molecule has 3 fully saturated rings. The maximum absolute atomic E-state index is 13.1. The Morgan fingerprint density at radius 2 is 1.81 bits per heavy atom. The van der Waals surface area contributed by atoms with Gasteiger partial charge in [0.1, 0.15) is 5.82 Å². The maximum atomic E-state index is 13.1. The summed E-state index contributed by atoms with van der Waals surface area (Å²) in [6.45, 7) is 8.78. The van der Waals surface area contributed by atoms with Gasteiger partial charge in [0.05, 0.1) is 13.2 Å². The van der Waals surface area contributed by atoms with E-state index in [-0.39, 0.29) is 11.7 Å². The molecule has 0 radical (unpaired) electrons. The van der Waals surface area contributed by atoms with Crippen LogP contribution in [-0.4, -0.2) is 79.1 Å². The first-order valence-corrected chi connectivity index (χ1v) is 10.2. The lowest BCUT2D eigenvalue weighted by Crippen LogP contribution is -2.61. The van der Waals surface area contributed by atoms with Crippen molar-refractivity contribution in [2.75, 3.05) is 52.5 Å². The van der Waals surface area contributed by atoms with Gasteiger partial charge in [-0.2, -0.15) is 0 Å². The Bertz CT molecular complexity index is 627. The summed E-state index contributed by atoms with van der Waals surface area (Å²) in [5.41, 5.74) is 1.00. The van der Waals surface area contributed by atoms with Crippen molar-refractivity contribution in [1.29, 1.82) is 0 Å². The van der Waals surface area contributed by atoms with Gasteiger partial charge < -0.3 is 14.5 Å². The summed E-state index contributed by atoms with van der Waals surface area (Å²) in [6.07, 6.45) is 2.80. The molecular weight excluding hydrogens is 345 g/mol. The zero-order valence-electron chi connectivity index (χ0n) is 16.0. The van der Waals surface area contributed by atoms with Crippen molar-refractivity contribution in [3.63, 3.8) is 0 Å². The van der Waals surface area contributed by atoms with E-state index in [4.69, 9.17) is 4.74 Å². The molecule has 27 heavy (non-hydrogen) atoms. The lowest BCUT2D eigenvalue weighted by molar-refractivity contribution is -0.135. The monoisotopic (exact) mass is 375 g/mol. The molecule has 148 valence electrons. The van der Waals surface area contributed by atoms with Crippen LogP contribution in [0.25, 0.3) is 0 Å². The van der Waals surface area contributed by atoms with Gasteiger partial charge in [-0.3, -0.25) is 9.69 Å². The number of nitrogens with zero attached hydrogens (tertiary/aromatic N) is 3. The second kappa shape index (κ2) is 8.67. The number of hydrogen-bond donors (Lipinski definition) is 0. The van der Waals surface area contributed by atoms with E-state index in [1.165, 1.54) is 25.2 Å². The van der Waals surface area contributed by atoms with Crippen molar-refractivity contribution in [3.8, 4) is 0 Å². The first kappa shape index (κ1) is 18.8. The molecule has 1 atom stereocenters. The summed E-state index contributed by atoms with van der Waals surface area (Å²) >= 11 is 0. The lowest BCUT2D eigenvalue weighted by atomic mass is 9.93. The lowest BCUT2D eigenvalue weighted by Gasteiger charge is -2.47. The predicted molar refractivity (Wildman–Crippen MR) is 102 cm³/mol. The summed E-state index contributed by atoms with van der Waals surface area (Å²) in [6, 6.07) is 7.19. The molecule has 0 saturated carbocycles. The topological polar surface area (TPSA) is 36.0 Å². The number of halogens is 1. The highest BCUT2D eigenvalue weighted by Gasteiger charge is 2.33. The van der Waals surface area contributed by atoms with E-state index in [1.54, 1.807) is 12.1 Å². The standard InChI is InChI=1S/C21H30FN3O2/c22-19-4-1-17(2-5-19)13-25-14-18(3-6-21(25)26)7-8-23-15-20(16-23)24-9-11-27-12-10-24/h1-2,4-5,18,20H,3,6-16H2. The number of hydrogen-bond acceptors (Lipinski definition) is 4. The van der Waals surface area contributed by atoms with Crippen LogP contribution in [0.5, 0.6) is 0 Å². The average Bonchev–Trinajstić information content (AvgIpc) is 2.65. The Kier molecular flexibility index (Phi) is 6.05. The van der Waals surface area contributed by atoms with Crippen LogP contribution in [0.2, 0.25) is 0 Å². The molecule has 4 rings (SSSR count). The molecule has 0 N–H and O–H groups in total. The minimum Gasteiger partial charge on any atom is -0.379 e. The Morgan fingerprint density at radius 1 is 1.07 bits per heavy atom. The van der Waals surface area contributed by atoms with E-state index in [0.29, 0.717) is 24.9 Å². The van der Waals surface area contributed by atoms with Crippen LogP contribution < -0.4 is 0 Å². The molecule has 3 aliphatic rings. The van der Waals surface area contributed by atoms with Crippen molar-refractivity contribution < 1.29 is 13.9 Å². The number of ether oxygens (including phenoxy) is 1. The summed E-state index contributed by atoms with van der Waals surface area (Å²) in [7, 11) is 0. The number of piperidine rings is 1. The zero-order valence-corrected chi connectivity index (χ0v) is 16.0. The van der Waals surface area contributed by atoms with E-state index in [0.717, 1.165) is 57.8 Å². The van der Waals surface area contributed by atoms with Gasteiger partial charge in [-0.15, -0.1) is 0 Å². The SMILES string of the molecule is O=C1CCC(CCN2CC(N3CCOCC3)C2)CN1Cc1ccc(F)cc1.